The molecule has 0 saturated carbocycles. The summed E-state index contributed by atoms with van der Waals surface area (Å²) in [6, 6.07) is 7.40. The van der Waals surface area contributed by atoms with Crippen molar-refractivity contribution in [1.29, 1.82) is 0 Å². The van der Waals surface area contributed by atoms with Gasteiger partial charge in [-0.15, -0.1) is 0 Å². The van der Waals surface area contributed by atoms with E-state index in [4.69, 9.17) is 14.6 Å². The van der Waals surface area contributed by atoms with Crippen molar-refractivity contribution in [2.24, 2.45) is 0 Å². The Morgan fingerprint density at radius 3 is 2.61 bits per heavy atom. The molecule has 126 valence electrons. The van der Waals surface area contributed by atoms with Gasteiger partial charge >= 0.3 is 5.97 Å². The summed E-state index contributed by atoms with van der Waals surface area (Å²) in [6.07, 6.45) is -0.109. The van der Waals surface area contributed by atoms with Gasteiger partial charge in [-0.1, -0.05) is 25.1 Å². The zero-order valence-corrected chi connectivity index (χ0v) is 13.5. The Labute approximate surface area is 135 Å². The van der Waals surface area contributed by atoms with Gasteiger partial charge in [-0.3, -0.25) is 4.79 Å². The molecule has 1 heterocycles. The molecule has 1 aromatic carbocycles. The molecule has 0 radical (unpaired) electrons. The molecule has 1 unspecified atom stereocenters. The third kappa shape index (κ3) is 4.22. The Morgan fingerprint density at radius 1 is 1.30 bits per heavy atom. The minimum absolute atomic E-state index is 0.197. The number of carboxylic acids is 1. The van der Waals surface area contributed by atoms with Crippen molar-refractivity contribution in [3.05, 3.63) is 29.8 Å². The molecule has 6 nitrogen and oxygen atoms in total. The van der Waals surface area contributed by atoms with Crippen molar-refractivity contribution in [1.82, 2.24) is 5.32 Å². The van der Waals surface area contributed by atoms with Crippen LogP contribution in [-0.4, -0.2) is 35.8 Å². The van der Waals surface area contributed by atoms with Crippen molar-refractivity contribution >= 4 is 11.9 Å². The van der Waals surface area contributed by atoms with E-state index in [2.05, 4.69) is 5.32 Å². The summed E-state index contributed by atoms with van der Waals surface area (Å²) in [6.45, 7) is 4.44. The number of carbonyl (C=O) groups excluding carboxylic acids is 1. The minimum atomic E-state index is -1.02. The summed E-state index contributed by atoms with van der Waals surface area (Å²) in [5.41, 5.74) is 0.915. The summed E-state index contributed by atoms with van der Waals surface area (Å²) < 4.78 is 10.9. The molecule has 0 spiro atoms. The first-order valence-electron chi connectivity index (χ1n) is 7.97. The molecular formula is C17H23NO5. The fourth-order valence-electron chi connectivity index (χ4n) is 2.73. The van der Waals surface area contributed by atoms with Gasteiger partial charge in [-0.05, 0) is 32.3 Å². The van der Waals surface area contributed by atoms with Crippen LogP contribution < -0.4 is 10.1 Å². The predicted octanol–water partition coefficient (Wildman–Crippen LogP) is 2.28. The molecule has 0 aromatic heterocycles. The van der Waals surface area contributed by atoms with Crippen LogP contribution in [-0.2, 0) is 14.3 Å². The molecule has 2 rings (SSSR count). The lowest BCUT2D eigenvalue weighted by atomic mass is 10.0. The standard InChI is InChI=1S/C17H23NO5/c1-3-12(11-7-5-6-8-13(11)22-4-2)18-16(19)14-9-10-15(23-14)17(20)21/h5-8,12,14-15H,3-4,9-10H2,1-2H3,(H,18,19)(H,20,21)/t12?,14-,15+/m0/s1. The fourth-order valence-corrected chi connectivity index (χ4v) is 2.73. The summed E-state index contributed by atoms with van der Waals surface area (Å²) in [7, 11) is 0. The van der Waals surface area contributed by atoms with Crippen LogP contribution in [0, 0.1) is 0 Å². The van der Waals surface area contributed by atoms with E-state index >= 15 is 0 Å². The normalized spacial score (nSPS) is 21.7. The van der Waals surface area contributed by atoms with E-state index in [1.165, 1.54) is 0 Å². The Bertz CT molecular complexity index is 560. The number of aliphatic carboxylic acids is 1. The van der Waals surface area contributed by atoms with Crippen LogP contribution in [0.25, 0.3) is 0 Å². The van der Waals surface area contributed by atoms with Crippen molar-refractivity contribution < 1.29 is 24.2 Å². The van der Waals surface area contributed by atoms with Crippen LogP contribution in [0.4, 0.5) is 0 Å². The lowest BCUT2D eigenvalue weighted by molar-refractivity contribution is -0.151. The van der Waals surface area contributed by atoms with Gasteiger partial charge in [0.15, 0.2) is 6.10 Å². The van der Waals surface area contributed by atoms with Crippen LogP contribution >= 0.6 is 0 Å². The van der Waals surface area contributed by atoms with Crippen LogP contribution in [0.15, 0.2) is 24.3 Å². The van der Waals surface area contributed by atoms with Gasteiger partial charge in [0.1, 0.15) is 11.9 Å². The van der Waals surface area contributed by atoms with E-state index in [-0.39, 0.29) is 11.9 Å². The van der Waals surface area contributed by atoms with E-state index in [0.29, 0.717) is 25.9 Å². The molecule has 1 saturated heterocycles. The number of ether oxygens (including phenoxy) is 2. The number of carboxylic acid groups (broad SMARTS) is 1. The zero-order valence-electron chi connectivity index (χ0n) is 13.5. The zero-order chi connectivity index (χ0) is 16.8. The molecule has 1 aliphatic rings. The van der Waals surface area contributed by atoms with Gasteiger partial charge in [0.05, 0.1) is 12.6 Å². The van der Waals surface area contributed by atoms with Gasteiger partial charge in [0.25, 0.3) is 0 Å². The number of nitrogens with one attached hydrogen (secondary N) is 1. The number of amides is 1. The lowest BCUT2D eigenvalue weighted by Gasteiger charge is -2.22. The average Bonchev–Trinajstić information content (AvgIpc) is 3.04. The highest BCUT2D eigenvalue weighted by Gasteiger charge is 2.35. The van der Waals surface area contributed by atoms with E-state index in [1.54, 1.807) is 0 Å². The molecular weight excluding hydrogens is 298 g/mol. The molecule has 1 aliphatic heterocycles. The Hall–Kier alpha value is -2.08. The Kier molecular flexibility index (Phi) is 5.98. The molecule has 1 amide bonds. The molecule has 2 N–H and O–H groups in total. The lowest BCUT2D eigenvalue weighted by Crippen LogP contribution is -2.37. The van der Waals surface area contributed by atoms with Crippen molar-refractivity contribution in [3.8, 4) is 5.75 Å². The Balaban J connectivity index is 2.05. The van der Waals surface area contributed by atoms with E-state index < -0.39 is 18.2 Å². The van der Waals surface area contributed by atoms with Crippen molar-refractivity contribution in [2.75, 3.05) is 6.61 Å². The molecule has 3 atom stereocenters. The molecule has 1 aromatic rings. The highest BCUT2D eigenvalue weighted by atomic mass is 16.5. The van der Waals surface area contributed by atoms with Crippen LogP contribution in [0.2, 0.25) is 0 Å². The summed E-state index contributed by atoms with van der Waals surface area (Å²) >= 11 is 0. The number of benzene rings is 1. The second-order valence-corrected chi connectivity index (χ2v) is 5.47. The minimum Gasteiger partial charge on any atom is -0.494 e. The summed E-state index contributed by atoms with van der Waals surface area (Å²) in [5, 5.41) is 11.9. The van der Waals surface area contributed by atoms with Gasteiger partial charge in [0, 0.05) is 5.56 Å². The molecule has 23 heavy (non-hydrogen) atoms. The average molecular weight is 321 g/mol. The van der Waals surface area contributed by atoms with Gasteiger partial charge in [-0.2, -0.15) is 0 Å². The van der Waals surface area contributed by atoms with Crippen molar-refractivity contribution in [3.63, 3.8) is 0 Å². The van der Waals surface area contributed by atoms with E-state index in [0.717, 1.165) is 11.3 Å². The maximum atomic E-state index is 12.4. The highest BCUT2D eigenvalue weighted by Crippen LogP contribution is 2.28. The first-order chi connectivity index (χ1) is 11.1. The highest BCUT2D eigenvalue weighted by molar-refractivity contribution is 5.83. The topological polar surface area (TPSA) is 84.9 Å². The smallest absolute Gasteiger partial charge is 0.332 e. The van der Waals surface area contributed by atoms with Crippen LogP contribution in [0.5, 0.6) is 5.75 Å². The largest absolute Gasteiger partial charge is 0.494 e. The third-order valence-electron chi connectivity index (χ3n) is 3.91. The number of rotatable bonds is 7. The van der Waals surface area contributed by atoms with Crippen molar-refractivity contribution in [2.45, 2.75) is 51.4 Å². The quantitative estimate of drug-likeness (QED) is 0.805. The maximum Gasteiger partial charge on any atom is 0.332 e. The maximum absolute atomic E-state index is 12.4. The number of hydrogen-bond acceptors (Lipinski definition) is 4. The van der Waals surface area contributed by atoms with Crippen LogP contribution in [0.1, 0.15) is 44.7 Å². The fraction of sp³-hybridized carbons (Fsp3) is 0.529. The first-order valence-corrected chi connectivity index (χ1v) is 7.97. The summed E-state index contributed by atoms with van der Waals surface area (Å²) in [5.74, 6) is -0.543. The Morgan fingerprint density at radius 2 is 2.00 bits per heavy atom. The number of hydrogen-bond donors (Lipinski definition) is 2. The van der Waals surface area contributed by atoms with Gasteiger partial charge in [0.2, 0.25) is 5.91 Å². The molecule has 6 heteroatoms. The van der Waals surface area contributed by atoms with E-state index in [9.17, 15) is 9.59 Å². The van der Waals surface area contributed by atoms with Crippen LogP contribution in [0.3, 0.4) is 0 Å². The van der Waals surface area contributed by atoms with Gasteiger partial charge in [-0.25, -0.2) is 4.79 Å². The second kappa shape index (κ2) is 7.97. The summed E-state index contributed by atoms with van der Waals surface area (Å²) in [4.78, 5) is 23.3. The SMILES string of the molecule is CCOc1ccccc1C(CC)NC(=O)[C@@H]1CC[C@H](C(=O)O)O1. The second-order valence-electron chi connectivity index (χ2n) is 5.47. The predicted molar refractivity (Wildman–Crippen MR) is 84.3 cm³/mol. The molecule has 1 fully saturated rings. The molecule has 0 bridgehead atoms. The third-order valence-corrected chi connectivity index (χ3v) is 3.91. The first kappa shape index (κ1) is 17.3. The number of para-hydroxylation sites is 1. The van der Waals surface area contributed by atoms with Gasteiger partial charge < -0.3 is 19.9 Å². The monoisotopic (exact) mass is 321 g/mol. The number of carbonyl (C=O) groups is 2. The molecule has 0 aliphatic carbocycles. The van der Waals surface area contributed by atoms with E-state index in [1.807, 2.05) is 38.1 Å².